The van der Waals surface area contributed by atoms with Gasteiger partial charge in [0, 0.05) is 71.7 Å². The third-order valence-electron chi connectivity index (χ3n) is 24.8. The largest absolute Gasteiger partial charge is 0.480 e. The van der Waals surface area contributed by atoms with Gasteiger partial charge in [0.15, 0.2) is 0 Å². The fourth-order valence-corrected chi connectivity index (χ4v) is 18.4. The number of carboxylic acid groups (broad SMARTS) is 1. The van der Waals surface area contributed by atoms with Crippen molar-refractivity contribution in [3.63, 3.8) is 0 Å². The monoisotopic (exact) mass is 1750 g/mol. The highest BCUT2D eigenvalue weighted by Gasteiger charge is 2.51. The maximum atomic E-state index is 14.8. The smallest absolute Gasteiger partial charge is 0.326 e. The molecular formula is C79H123N23O22. The molecule has 0 spiro atoms. The van der Waals surface area contributed by atoms with E-state index in [4.69, 9.17) is 34.4 Å². The average Bonchev–Trinajstić information content (AvgIpc) is 1.63. The number of nitrogens with one attached hydrogen (secondary N) is 8. The van der Waals surface area contributed by atoms with E-state index in [0.717, 1.165) is 0 Å². The third-order valence-corrected chi connectivity index (χ3v) is 24.8. The number of nitrogens with two attached hydrogens (primary N) is 6. The van der Waals surface area contributed by atoms with Gasteiger partial charge >= 0.3 is 5.97 Å². The van der Waals surface area contributed by atoms with Crippen LogP contribution in [-0.4, -0.2) is 356 Å². The molecule has 9 heterocycles. The van der Waals surface area contributed by atoms with Gasteiger partial charge in [-0.2, -0.15) is 0 Å². The number of likely N-dealkylation sites (tertiary alicyclic amines) is 9. The first kappa shape index (κ1) is 96.6. The lowest BCUT2D eigenvalue weighted by atomic mass is 10.0. The number of nitrogens with zero attached hydrogens (tertiary/aromatic N) is 9. The van der Waals surface area contributed by atoms with Gasteiger partial charge in [0.05, 0.1) is 32.6 Å². The van der Waals surface area contributed by atoms with Crippen LogP contribution in [0.15, 0.2) is 0 Å². The minimum atomic E-state index is -1.48. The molecule has 0 radical (unpaired) electrons. The van der Waals surface area contributed by atoms with Crippen molar-refractivity contribution in [3.05, 3.63) is 0 Å². The fraction of sp³-hybridized carbons (Fsp3) is 0.734. The summed E-state index contributed by atoms with van der Waals surface area (Å²) in [5, 5.41) is 30.1. The third kappa shape index (κ3) is 24.8. The Balaban J connectivity index is 0.753. The van der Waals surface area contributed by atoms with Crippen LogP contribution in [0.4, 0.5) is 0 Å². The van der Waals surface area contributed by atoms with E-state index in [1.165, 1.54) is 44.1 Å². The molecule has 9 rings (SSSR count). The van der Waals surface area contributed by atoms with Gasteiger partial charge in [-0.15, -0.1) is 0 Å². The van der Waals surface area contributed by atoms with E-state index >= 15 is 0 Å². The highest BCUT2D eigenvalue weighted by Crippen LogP contribution is 2.33. The highest BCUT2D eigenvalue weighted by atomic mass is 16.4. The van der Waals surface area contributed by atoms with E-state index in [9.17, 15) is 106 Å². The molecule has 0 aromatic rings. The van der Waals surface area contributed by atoms with Crippen LogP contribution in [0.3, 0.4) is 0 Å². The van der Waals surface area contributed by atoms with Crippen molar-refractivity contribution in [2.75, 3.05) is 98.2 Å². The number of carbonyl (C=O) groups is 21. The molecule has 0 saturated carbocycles. The van der Waals surface area contributed by atoms with Crippen LogP contribution in [0.2, 0.25) is 0 Å². The minimum absolute atomic E-state index is 0.0389. The Kier molecular flexibility index (Phi) is 35.8. The van der Waals surface area contributed by atoms with Gasteiger partial charge in [-0.05, 0) is 180 Å². The zero-order chi connectivity index (χ0) is 90.2. The predicted molar refractivity (Wildman–Crippen MR) is 434 cm³/mol. The topological polar surface area (TPSA) is 660 Å². The minimum Gasteiger partial charge on any atom is -0.480 e. The summed E-state index contributed by atoms with van der Waals surface area (Å²) in [6.07, 6.45) is 5.26. The number of carbonyl (C=O) groups excluding carboxylic acids is 20. The summed E-state index contributed by atoms with van der Waals surface area (Å²) in [4.78, 5) is 299. The molecule has 686 valence electrons. The molecule has 124 heavy (non-hydrogen) atoms. The number of primary amides is 3. The molecule has 0 unspecified atom stereocenters. The molecular weight excluding hydrogens is 1620 g/mol. The fourth-order valence-electron chi connectivity index (χ4n) is 18.4. The normalized spacial score (nSPS) is 23.5. The number of aliphatic carboxylic acids is 1. The number of amides is 20. The SMILES string of the molecule is NCCCC[C@H](NC(=O)CNC(=O)[C@@H]1CCCN1C(=O)[C@@H]1CCCN1C(=O)[C@@H]1CCCN1C(=O)[C@@H]1CCCN1C(=O)CNC(=O)[C@H](CCC(N)=O)NC(=O)[C@@H]1CCCN1C(=O)[C@H](CCCCN)NC(=O)[C@H](CC(N)=O)NC(=O)CN)C(=O)N1CCC[C@H]1C(=O)N[C@@H](CCC(N)=O)C(=O)NCC(=O)N1CCC[C@H]1C(=O)N1CCC[C@H]1C(=O)N1CCC[C@H]1C(=O)O. The van der Waals surface area contributed by atoms with Gasteiger partial charge in [-0.25, -0.2) is 4.79 Å². The van der Waals surface area contributed by atoms with E-state index in [-0.39, 0.29) is 149 Å². The molecule has 0 aromatic carbocycles. The van der Waals surface area contributed by atoms with E-state index in [0.29, 0.717) is 96.3 Å². The van der Waals surface area contributed by atoms with Crippen molar-refractivity contribution < 1.29 is 106 Å². The molecule has 14 atom stereocenters. The maximum Gasteiger partial charge on any atom is 0.326 e. The van der Waals surface area contributed by atoms with Crippen molar-refractivity contribution >= 4 is 124 Å². The van der Waals surface area contributed by atoms with Crippen molar-refractivity contribution in [2.45, 2.75) is 271 Å². The van der Waals surface area contributed by atoms with E-state index < -0.39 is 248 Å². The summed E-state index contributed by atoms with van der Waals surface area (Å²) in [6.45, 7) is -0.753. The molecule has 9 fully saturated rings. The molecule has 0 bridgehead atoms. The van der Waals surface area contributed by atoms with E-state index in [1.807, 2.05) is 0 Å². The van der Waals surface area contributed by atoms with Gasteiger partial charge < -0.3 is 126 Å². The van der Waals surface area contributed by atoms with E-state index in [2.05, 4.69) is 42.5 Å². The first-order chi connectivity index (χ1) is 59.3. The second-order valence-electron chi connectivity index (χ2n) is 33.2. The van der Waals surface area contributed by atoms with Gasteiger partial charge in [-0.1, -0.05) is 0 Å². The molecule has 9 aliphatic rings. The molecule has 21 N–H and O–H groups in total. The van der Waals surface area contributed by atoms with Crippen LogP contribution in [0, 0.1) is 0 Å². The molecule has 20 amide bonds. The highest BCUT2D eigenvalue weighted by molar-refractivity contribution is 6.02. The average molecular weight is 1750 g/mol. The first-order valence-electron chi connectivity index (χ1n) is 43.5. The Bertz CT molecular complexity index is 4000. The van der Waals surface area contributed by atoms with Gasteiger partial charge in [0.25, 0.3) is 0 Å². The van der Waals surface area contributed by atoms with Crippen molar-refractivity contribution in [1.82, 2.24) is 86.6 Å². The molecule has 9 saturated heterocycles. The number of carboxylic acids is 1. The van der Waals surface area contributed by atoms with Crippen molar-refractivity contribution in [2.24, 2.45) is 34.4 Å². The summed E-state index contributed by atoms with van der Waals surface area (Å²) in [5.74, 6) is -15.4. The first-order valence-corrected chi connectivity index (χ1v) is 43.5. The summed E-state index contributed by atoms with van der Waals surface area (Å²) in [7, 11) is 0. The molecule has 0 aliphatic carbocycles. The van der Waals surface area contributed by atoms with Crippen LogP contribution >= 0.6 is 0 Å². The number of rotatable bonds is 42. The summed E-state index contributed by atoms with van der Waals surface area (Å²) >= 11 is 0. The van der Waals surface area contributed by atoms with Gasteiger partial charge in [-0.3, -0.25) is 95.9 Å². The lowest BCUT2D eigenvalue weighted by molar-refractivity contribution is -0.153. The van der Waals surface area contributed by atoms with Crippen LogP contribution in [0.1, 0.15) is 186 Å². The molecule has 45 nitrogen and oxygen atoms in total. The zero-order valence-electron chi connectivity index (χ0n) is 70.2. The second kappa shape index (κ2) is 45.9. The number of hydrogen-bond donors (Lipinski definition) is 15. The van der Waals surface area contributed by atoms with Crippen molar-refractivity contribution in [3.8, 4) is 0 Å². The van der Waals surface area contributed by atoms with Gasteiger partial charge in [0.1, 0.15) is 84.6 Å². The van der Waals surface area contributed by atoms with E-state index in [1.54, 1.807) is 0 Å². The van der Waals surface area contributed by atoms with Crippen LogP contribution in [0.5, 0.6) is 0 Å². The second-order valence-corrected chi connectivity index (χ2v) is 33.2. The lowest BCUT2D eigenvalue weighted by Gasteiger charge is -2.35. The standard InChI is InChI=1S/C79H123N23O22/c80-29-3-1-14-47(72(116)96-33-6-17-51(96)70(114)91-45(25-27-59(83)103)66(110)87-44-65(109)95-32-9-20-54(95)75(119)100-37-12-23-57(100)78(122)102-39-13-24-58(102)79(123)124)89-63(107)42-86-69(113)50-16-5-35-98(50)76(120)55-21-10-38-101(55)77(121)56-22-11-36-99(56)74(118)53-19-8-31-94(53)64(108)43-88-67(111)46(26-28-60(84)104)92-71(115)52-18-7-34-97(52)73(117)48(15-2-4-30-81)93-68(112)49(40-61(85)105)90-62(106)41-82/h45-58H,1-44,80-82H2,(H2,83,103)(H2,84,104)(H2,85,105)(H,86,113)(H,87,110)(H,88,111)(H,89,107)(H,90,106)(H,91,114)(H,92,115)(H,93,112)(H,123,124)/t45-,46-,47-,48-,49-,50-,51-,52-,53-,54-,55-,56-,57-,58-/m0/s1. The number of unbranched alkanes of at least 4 members (excludes halogenated alkanes) is 2. The lowest BCUT2D eigenvalue weighted by Crippen LogP contribution is -2.59. The van der Waals surface area contributed by atoms with Crippen LogP contribution < -0.4 is 76.9 Å². The number of hydrogen-bond acceptors (Lipinski definition) is 24. The maximum absolute atomic E-state index is 14.8. The van der Waals surface area contributed by atoms with Crippen molar-refractivity contribution in [1.29, 1.82) is 0 Å². The summed E-state index contributed by atoms with van der Waals surface area (Å²) in [5.41, 5.74) is 33.2. The van der Waals surface area contributed by atoms with Crippen LogP contribution in [-0.2, 0) is 101 Å². The molecule has 45 heteroatoms. The zero-order valence-corrected chi connectivity index (χ0v) is 70.2. The van der Waals surface area contributed by atoms with Gasteiger partial charge in [0.2, 0.25) is 118 Å². The Morgan fingerprint density at radius 2 is 0.613 bits per heavy atom. The Labute approximate surface area is 717 Å². The summed E-state index contributed by atoms with van der Waals surface area (Å²) < 4.78 is 0. The Morgan fingerprint density at radius 1 is 0.298 bits per heavy atom. The van der Waals surface area contributed by atoms with Crippen LogP contribution in [0.25, 0.3) is 0 Å². The molecule has 0 aromatic heterocycles. The Morgan fingerprint density at radius 3 is 0.968 bits per heavy atom. The Hall–Kier alpha value is -11.2. The predicted octanol–water partition coefficient (Wildman–Crippen LogP) is -8.61. The molecule has 9 aliphatic heterocycles. The quantitative estimate of drug-likeness (QED) is 0.0252. The summed E-state index contributed by atoms with van der Waals surface area (Å²) in [6, 6.07) is -16.4.